The van der Waals surface area contributed by atoms with Gasteiger partial charge in [0.25, 0.3) is 0 Å². The van der Waals surface area contributed by atoms with Crippen molar-refractivity contribution in [2.75, 3.05) is 24.6 Å². The van der Waals surface area contributed by atoms with Gasteiger partial charge in [-0.2, -0.15) is 0 Å². The van der Waals surface area contributed by atoms with Crippen LogP contribution in [0.1, 0.15) is 70.4 Å². The Bertz CT molecular complexity index is 1360. The molecule has 220 valence electrons. The lowest BCUT2D eigenvalue weighted by molar-refractivity contribution is -0.160. The number of pyridine rings is 2. The Hall–Kier alpha value is -3.59. The maximum absolute atomic E-state index is 13.9. The van der Waals surface area contributed by atoms with Crippen LogP contribution in [0.5, 0.6) is 5.75 Å². The maximum Gasteiger partial charge on any atom is 0.337 e. The number of anilines is 1. The molecule has 3 aromatic rings. The number of piperidine rings is 1. The van der Waals surface area contributed by atoms with Crippen LogP contribution in [0.15, 0.2) is 42.7 Å². The molecule has 9 heteroatoms. The number of halogens is 2. The van der Waals surface area contributed by atoms with Crippen molar-refractivity contribution < 1.29 is 28.2 Å². The van der Waals surface area contributed by atoms with E-state index < -0.39 is 29.3 Å². The summed E-state index contributed by atoms with van der Waals surface area (Å²) in [5, 5.41) is 10.3. The Kier molecular flexibility index (Phi) is 8.97. The molecule has 41 heavy (non-hydrogen) atoms. The van der Waals surface area contributed by atoms with Gasteiger partial charge in [-0.05, 0) is 70.2 Å². The zero-order valence-corrected chi connectivity index (χ0v) is 24.6. The van der Waals surface area contributed by atoms with E-state index >= 15 is 0 Å². The number of aliphatic carboxylic acids is 1. The highest BCUT2D eigenvalue weighted by Gasteiger charge is 2.36. The normalized spacial score (nSPS) is 16.0. The van der Waals surface area contributed by atoms with Crippen molar-refractivity contribution in [3.63, 3.8) is 0 Å². The molecule has 4 rings (SSSR count). The third-order valence-electron chi connectivity index (χ3n) is 7.37. The van der Waals surface area contributed by atoms with Crippen molar-refractivity contribution >= 4 is 11.7 Å². The quantitative estimate of drug-likeness (QED) is 0.300. The first-order valence-electron chi connectivity index (χ1n) is 13.9. The molecule has 1 N–H and O–H groups in total. The monoisotopic (exact) mass is 567 g/mol. The minimum Gasteiger partial charge on any atom is -0.492 e. The summed E-state index contributed by atoms with van der Waals surface area (Å²) in [4.78, 5) is 24.0. The summed E-state index contributed by atoms with van der Waals surface area (Å²) in [6.07, 6.45) is 4.05. The van der Waals surface area contributed by atoms with Crippen LogP contribution < -0.4 is 9.64 Å². The fourth-order valence-electron chi connectivity index (χ4n) is 5.04. The first-order chi connectivity index (χ1) is 19.3. The van der Waals surface area contributed by atoms with Crippen molar-refractivity contribution in [1.29, 1.82) is 0 Å². The number of aryl methyl sites for hydroxylation is 1. The number of ether oxygens (including phenoxy) is 2. The van der Waals surface area contributed by atoms with Crippen LogP contribution in [0.4, 0.5) is 14.5 Å². The Labute approximate surface area is 240 Å². The molecule has 1 aliphatic rings. The zero-order chi connectivity index (χ0) is 29.9. The molecule has 1 aromatic carbocycles. The number of hydrogen-bond acceptors (Lipinski definition) is 6. The van der Waals surface area contributed by atoms with Gasteiger partial charge in [-0.3, -0.25) is 9.97 Å². The van der Waals surface area contributed by atoms with E-state index in [2.05, 4.69) is 28.7 Å². The summed E-state index contributed by atoms with van der Waals surface area (Å²) < 4.78 is 39.7. The predicted molar refractivity (Wildman–Crippen MR) is 154 cm³/mol. The highest BCUT2D eigenvalue weighted by atomic mass is 19.1. The molecule has 2 aromatic heterocycles. The summed E-state index contributed by atoms with van der Waals surface area (Å²) in [6, 6.07) is 7.30. The van der Waals surface area contributed by atoms with E-state index in [4.69, 9.17) is 9.47 Å². The Balaban J connectivity index is 1.68. The molecule has 0 unspecified atom stereocenters. The number of nitrogens with zero attached hydrogens (tertiary/aromatic N) is 3. The fraction of sp³-hybridized carbons (Fsp3) is 0.469. The second-order valence-electron chi connectivity index (χ2n) is 12.3. The number of hydrogen-bond donors (Lipinski definition) is 1. The summed E-state index contributed by atoms with van der Waals surface area (Å²) in [5.74, 6) is -1.84. The summed E-state index contributed by atoms with van der Waals surface area (Å²) >= 11 is 0. The molecule has 0 saturated carbocycles. The van der Waals surface area contributed by atoms with Crippen molar-refractivity contribution in [1.82, 2.24) is 9.97 Å². The van der Waals surface area contributed by atoms with Gasteiger partial charge in [-0.15, -0.1) is 0 Å². The second-order valence-corrected chi connectivity index (χ2v) is 12.3. The summed E-state index contributed by atoms with van der Waals surface area (Å²) in [7, 11) is 0. The van der Waals surface area contributed by atoms with Crippen LogP contribution in [0.3, 0.4) is 0 Å². The molecule has 1 saturated heterocycles. The minimum absolute atomic E-state index is 0.0184. The lowest BCUT2D eigenvalue weighted by atomic mass is 9.82. The molecule has 0 amide bonds. The van der Waals surface area contributed by atoms with Crippen LogP contribution >= 0.6 is 0 Å². The second kappa shape index (κ2) is 12.1. The third-order valence-corrected chi connectivity index (χ3v) is 7.37. The van der Waals surface area contributed by atoms with Crippen molar-refractivity contribution in [3.05, 3.63) is 71.2 Å². The molecule has 0 aliphatic carbocycles. The SMILES string of the molecule is Cc1ncc(-c2ccc(OCCc3c(F)cccc3F)cn2)c(N2CCC(C)(C)CC2)c1[C@H](OC(C)(C)C)C(=O)O. The minimum atomic E-state index is -1.21. The van der Waals surface area contributed by atoms with E-state index in [0.29, 0.717) is 28.3 Å². The van der Waals surface area contributed by atoms with Gasteiger partial charge in [0.2, 0.25) is 0 Å². The smallest absolute Gasteiger partial charge is 0.337 e. The lowest BCUT2D eigenvalue weighted by Crippen LogP contribution is -2.39. The standard InChI is InChI=1S/C32H39F2N3O4/c1-20-27(29(30(38)39)41-31(2,3)4)28(37-15-13-32(5,6)14-16-37)23(19-35-20)26-11-10-21(18-36-26)40-17-12-22-24(33)8-7-9-25(22)34/h7-11,18-19,29H,12-17H2,1-6H3,(H,38,39)/t29-/m0/s1. The summed E-state index contributed by atoms with van der Waals surface area (Å²) in [6.45, 7) is 13.4. The van der Waals surface area contributed by atoms with Gasteiger partial charge in [0.05, 0.1) is 29.8 Å². The Morgan fingerprint density at radius 2 is 1.73 bits per heavy atom. The third kappa shape index (κ3) is 7.38. The highest BCUT2D eigenvalue weighted by Crippen LogP contribution is 2.43. The van der Waals surface area contributed by atoms with Crippen LogP contribution in [-0.2, 0) is 16.0 Å². The topological polar surface area (TPSA) is 84.8 Å². The largest absolute Gasteiger partial charge is 0.492 e. The van der Waals surface area contributed by atoms with Crippen molar-refractivity contribution in [3.8, 4) is 17.0 Å². The molecular weight excluding hydrogens is 528 g/mol. The number of carbonyl (C=O) groups is 1. The number of aromatic nitrogens is 2. The summed E-state index contributed by atoms with van der Waals surface area (Å²) in [5.41, 5.74) is 2.66. The number of rotatable bonds is 9. The first kappa shape index (κ1) is 30.4. The Morgan fingerprint density at radius 3 is 2.29 bits per heavy atom. The fourth-order valence-corrected chi connectivity index (χ4v) is 5.04. The molecule has 1 fully saturated rings. The van der Waals surface area contributed by atoms with Gasteiger partial charge in [0.15, 0.2) is 6.10 Å². The van der Waals surface area contributed by atoms with Crippen molar-refractivity contribution in [2.45, 2.75) is 72.5 Å². The van der Waals surface area contributed by atoms with Gasteiger partial charge in [-0.1, -0.05) is 19.9 Å². The lowest BCUT2D eigenvalue weighted by Gasteiger charge is -2.40. The van der Waals surface area contributed by atoms with Crippen LogP contribution in [0, 0.1) is 24.0 Å². The van der Waals surface area contributed by atoms with E-state index in [0.717, 1.165) is 31.6 Å². The number of carboxylic acids is 1. The molecule has 3 heterocycles. The number of benzene rings is 1. The first-order valence-corrected chi connectivity index (χ1v) is 13.9. The average Bonchev–Trinajstić information content (AvgIpc) is 2.89. The predicted octanol–water partition coefficient (Wildman–Crippen LogP) is 6.92. The molecule has 0 radical (unpaired) electrons. The molecule has 1 aliphatic heterocycles. The zero-order valence-electron chi connectivity index (χ0n) is 24.6. The van der Waals surface area contributed by atoms with E-state index in [9.17, 15) is 18.7 Å². The molecule has 7 nitrogen and oxygen atoms in total. The molecule has 0 bridgehead atoms. The van der Waals surface area contributed by atoms with Crippen LogP contribution in [-0.4, -0.2) is 46.3 Å². The van der Waals surface area contributed by atoms with Crippen LogP contribution in [0.25, 0.3) is 11.3 Å². The van der Waals surface area contributed by atoms with E-state index in [1.165, 1.54) is 18.2 Å². The highest BCUT2D eigenvalue weighted by molar-refractivity contribution is 5.85. The number of carboxylic acid groups (broad SMARTS) is 1. The average molecular weight is 568 g/mol. The van der Waals surface area contributed by atoms with E-state index in [1.807, 2.05) is 20.8 Å². The van der Waals surface area contributed by atoms with Gasteiger partial charge in [0.1, 0.15) is 17.4 Å². The molecular formula is C32H39F2N3O4. The van der Waals surface area contributed by atoms with Gasteiger partial charge < -0.3 is 19.5 Å². The maximum atomic E-state index is 13.9. The molecule has 0 spiro atoms. The van der Waals surface area contributed by atoms with Gasteiger partial charge in [0, 0.05) is 48.1 Å². The Morgan fingerprint density at radius 1 is 1.07 bits per heavy atom. The van der Waals surface area contributed by atoms with Crippen LogP contribution in [0.2, 0.25) is 0 Å². The van der Waals surface area contributed by atoms with E-state index in [1.54, 1.807) is 31.5 Å². The van der Waals surface area contributed by atoms with Crippen molar-refractivity contribution in [2.24, 2.45) is 5.41 Å². The molecule has 1 atom stereocenters. The van der Waals surface area contributed by atoms with E-state index in [-0.39, 0.29) is 24.0 Å². The van der Waals surface area contributed by atoms with Gasteiger partial charge in [-0.25, -0.2) is 13.6 Å². The van der Waals surface area contributed by atoms with Gasteiger partial charge >= 0.3 is 5.97 Å².